The summed E-state index contributed by atoms with van der Waals surface area (Å²) in [6, 6.07) is 23.9. The SMILES string of the molecule is Brc1cccc2c1Cc1ccc(-c3ccccc3)cc1-2. The quantitative estimate of drug-likeness (QED) is 0.423. The Morgan fingerprint density at radius 3 is 2.40 bits per heavy atom. The van der Waals surface area contributed by atoms with Crippen molar-refractivity contribution in [1.29, 1.82) is 0 Å². The van der Waals surface area contributed by atoms with Crippen LogP contribution in [-0.4, -0.2) is 0 Å². The maximum atomic E-state index is 3.67. The highest BCUT2D eigenvalue weighted by molar-refractivity contribution is 9.10. The van der Waals surface area contributed by atoms with E-state index in [9.17, 15) is 0 Å². The van der Waals surface area contributed by atoms with Crippen LogP contribution in [0.15, 0.2) is 71.2 Å². The lowest BCUT2D eigenvalue weighted by atomic mass is 9.99. The second-order valence-corrected chi connectivity index (χ2v) is 6.04. The van der Waals surface area contributed by atoms with Crippen molar-refractivity contribution in [1.82, 2.24) is 0 Å². The van der Waals surface area contributed by atoms with Gasteiger partial charge in [-0.25, -0.2) is 0 Å². The van der Waals surface area contributed by atoms with Crippen LogP contribution in [0.3, 0.4) is 0 Å². The van der Waals surface area contributed by atoms with Gasteiger partial charge in [0.15, 0.2) is 0 Å². The van der Waals surface area contributed by atoms with Crippen LogP contribution in [0, 0.1) is 0 Å². The Morgan fingerprint density at radius 2 is 1.55 bits per heavy atom. The second-order valence-electron chi connectivity index (χ2n) is 5.18. The molecule has 0 saturated carbocycles. The summed E-state index contributed by atoms with van der Waals surface area (Å²) in [5.74, 6) is 0. The van der Waals surface area contributed by atoms with E-state index in [0.29, 0.717) is 0 Å². The zero-order chi connectivity index (χ0) is 13.5. The minimum absolute atomic E-state index is 1.03. The molecule has 0 aromatic heterocycles. The molecule has 0 fully saturated rings. The van der Waals surface area contributed by atoms with Crippen molar-refractivity contribution in [3.05, 3.63) is 82.3 Å². The zero-order valence-electron chi connectivity index (χ0n) is 10.9. The van der Waals surface area contributed by atoms with E-state index in [1.807, 2.05) is 0 Å². The minimum Gasteiger partial charge on any atom is -0.0622 e. The summed E-state index contributed by atoms with van der Waals surface area (Å²) >= 11 is 3.67. The lowest BCUT2D eigenvalue weighted by Gasteiger charge is -2.06. The van der Waals surface area contributed by atoms with Crippen molar-refractivity contribution in [3.8, 4) is 22.3 Å². The van der Waals surface area contributed by atoms with Crippen molar-refractivity contribution in [2.75, 3.05) is 0 Å². The van der Waals surface area contributed by atoms with Crippen molar-refractivity contribution >= 4 is 15.9 Å². The van der Waals surface area contributed by atoms with Gasteiger partial charge in [-0.2, -0.15) is 0 Å². The summed E-state index contributed by atoms with van der Waals surface area (Å²) < 4.78 is 1.22. The Hall–Kier alpha value is -1.86. The first-order chi connectivity index (χ1) is 9.83. The molecule has 0 N–H and O–H groups in total. The molecule has 0 nitrogen and oxygen atoms in total. The Labute approximate surface area is 127 Å². The molecule has 96 valence electrons. The van der Waals surface area contributed by atoms with Gasteiger partial charge in [0.1, 0.15) is 0 Å². The summed E-state index contributed by atoms with van der Waals surface area (Å²) in [7, 11) is 0. The molecule has 4 rings (SSSR count). The molecule has 0 spiro atoms. The monoisotopic (exact) mass is 320 g/mol. The zero-order valence-corrected chi connectivity index (χ0v) is 12.5. The third kappa shape index (κ3) is 1.82. The van der Waals surface area contributed by atoms with Crippen LogP contribution in [-0.2, 0) is 6.42 Å². The summed E-state index contributed by atoms with van der Waals surface area (Å²) in [6.45, 7) is 0. The minimum atomic E-state index is 1.03. The molecule has 1 aliphatic carbocycles. The standard InChI is InChI=1S/C19H13Br/c20-19-8-4-7-16-17-11-14(13-5-2-1-3-6-13)9-10-15(17)12-18(16)19/h1-11H,12H2. The first kappa shape index (κ1) is 11.9. The average Bonchev–Trinajstić information content (AvgIpc) is 2.88. The van der Waals surface area contributed by atoms with Gasteiger partial charge in [-0.15, -0.1) is 0 Å². The number of hydrogen-bond acceptors (Lipinski definition) is 0. The summed E-state index contributed by atoms with van der Waals surface area (Å²) in [4.78, 5) is 0. The predicted molar refractivity (Wildman–Crippen MR) is 87.8 cm³/mol. The molecular formula is C19H13Br. The maximum absolute atomic E-state index is 3.67. The lowest BCUT2D eigenvalue weighted by Crippen LogP contribution is -1.82. The molecular weight excluding hydrogens is 308 g/mol. The van der Waals surface area contributed by atoms with Crippen LogP contribution in [0.25, 0.3) is 22.3 Å². The largest absolute Gasteiger partial charge is 0.0622 e. The third-order valence-electron chi connectivity index (χ3n) is 3.99. The lowest BCUT2D eigenvalue weighted by molar-refractivity contribution is 1.25. The van der Waals surface area contributed by atoms with Gasteiger partial charge in [0.2, 0.25) is 0 Å². The smallest absolute Gasteiger partial charge is 0.0216 e. The van der Waals surface area contributed by atoms with Gasteiger partial charge in [0.25, 0.3) is 0 Å². The fraction of sp³-hybridized carbons (Fsp3) is 0.0526. The Kier molecular flexibility index (Phi) is 2.75. The van der Waals surface area contributed by atoms with Crippen molar-refractivity contribution < 1.29 is 0 Å². The number of halogens is 1. The predicted octanol–water partition coefficient (Wildman–Crippen LogP) is 5.69. The molecule has 0 radical (unpaired) electrons. The first-order valence-electron chi connectivity index (χ1n) is 6.79. The number of benzene rings is 3. The highest BCUT2D eigenvalue weighted by Crippen LogP contribution is 2.41. The highest BCUT2D eigenvalue weighted by atomic mass is 79.9. The summed E-state index contributed by atoms with van der Waals surface area (Å²) in [6.07, 6.45) is 1.03. The van der Waals surface area contributed by atoms with E-state index < -0.39 is 0 Å². The fourth-order valence-electron chi connectivity index (χ4n) is 2.97. The van der Waals surface area contributed by atoms with Gasteiger partial charge in [-0.05, 0) is 51.9 Å². The van der Waals surface area contributed by atoms with Crippen molar-refractivity contribution in [2.24, 2.45) is 0 Å². The van der Waals surface area contributed by atoms with Gasteiger partial charge in [0, 0.05) is 4.47 Å². The molecule has 0 saturated heterocycles. The molecule has 0 unspecified atom stereocenters. The van der Waals surface area contributed by atoms with E-state index in [4.69, 9.17) is 0 Å². The van der Waals surface area contributed by atoms with Gasteiger partial charge >= 0.3 is 0 Å². The molecule has 1 heteroatoms. The third-order valence-corrected chi connectivity index (χ3v) is 4.74. The van der Waals surface area contributed by atoms with Gasteiger partial charge in [-0.1, -0.05) is 70.5 Å². The average molecular weight is 321 g/mol. The molecule has 3 aromatic carbocycles. The van der Waals surface area contributed by atoms with E-state index in [0.717, 1.165) is 6.42 Å². The van der Waals surface area contributed by atoms with Crippen LogP contribution in [0.4, 0.5) is 0 Å². The van der Waals surface area contributed by atoms with Crippen LogP contribution in [0.5, 0.6) is 0 Å². The number of rotatable bonds is 1. The molecule has 0 bridgehead atoms. The summed E-state index contributed by atoms with van der Waals surface area (Å²) in [5.41, 5.74) is 8.14. The van der Waals surface area contributed by atoms with Crippen LogP contribution < -0.4 is 0 Å². The Morgan fingerprint density at radius 1 is 0.700 bits per heavy atom. The molecule has 3 aromatic rings. The maximum Gasteiger partial charge on any atom is 0.0216 e. The summed E-state index contributed by atoms with van der Waals surface area (Å²) in [5, 5.41) is 0. The number of fused-ring (bicyclic) bond motifs is 3. The molecule has 0 aliphatic heterocycles. The van der Waals surface area contributed by atoms with Gasteiger partial charge < -0.3 is 0 Å². The molecule has 0 atom stereocenters. The first-order valence-corrected chi connectivity index (χ1v) is 7.58. The Balaban J connectivity index is 1.90. The van der Waals surface area contributed by atoms with E-state index in [1.165, 1.54) is 37.9 Å². The topological polar surface area (TPSA) is 0 Å². The van der Waals surface area contributed by atoms with E-state index in [1.54, 1.807) is 0 Å². The fourth-order valence-corrected chi connectivity index (χ4v) is 3.48. The molecule has 1 aliphatic rings. The van der Waals surface area contributed by atoms with E-state index in [2.05, 4.69) is 82.7 Å². The van der Waals surface area contributed by atoms with Crippen molar-refractivity contribution in [2.45, 2.75) is 6.42 Å². The van der Waals surface area contributed by atoms with E-state index in [-0.39, 0.29) is 0 Å². The van der Waals surface area contributed by atoms with Gasteiger partial charge in [-0.3, -0.25) is 0 Å². The molecule has 0 heterocycles. The molecule has 20 heavy (non-hydrogen) atoms. The Bertz CT molecular complexity index is 788. The molecule has 0 amide bonds. The van der Waals surface area contributed by atoms with Crippen LogP contribution in [0.1, 0.15) is 11.1 Å². The van der Waals surface area contributed by atoms with Crippen molar-refractivity contribution in [3.63, 3.8) is 0 Å². The van der Waals surface area contributed by atoms with Crippen LogP contribution >= 0.6 is 15.9 Å². The highest BCUT2D eigenvalue weighted by Gasteiger charge is 2.20. The van der Waals surface area contributed by atoms with Crippen LogP contribution in [0.2, 0.25) is 0 Å². The van der Waals surface area contributed by atoms with E-state index >= 15 is 0 Å². The second kappa shape index (κ2) is 4.60. The number of hydrogen-bond donors (Lipinski definition) is 0. The van der Waals surface area contributed by atoms with Gasteiger partial charge in [0.05, 0.1) is 0 Å². The normalized spacial score (nSPS) is 12.1.